The molecule has 160 valence electrons. The first-order chi connectivity index (χ1) is 14.5. The molecular formula is C24H32N4O2. The fraction of sp³-hybridized carbons (Fsp3) is 0.417. The maximum Gasteiger partial charge on any atom is 0.242 e. The highest BCUT2D eigenvalue weighted by molar-refractivity contribution is 5.93. The van der Waals surface area contributed by atoms with Gasteiger partial charge in [-0.05, 0) is 50.1 Å². The number of carbonyl (C=O) groups excluding carboxylic acids is 2. The predicted molar refractivity (Wildman–Crippen MR) is 122 cm³/mol. The average Bonchev–Trinajstić information content (AvgIpc) is 2.76. The average molecular weight is 409 g/mol. The molecule has 1 fully saturated rings. The van der Waals surface area contributed by atoms with Crippen LogP contribution in [0.25, 0.3) is 0 Å². The minimum atomic E-state index is -0.00953. The largest absolute Gasteiger partial charge is 0.362 e. The number of piperazine rings is 1. The van der Waals surface area contributed by atoms with Gasteiger partial charge >= 0.3 is 0 Å². The molecule has 0 radical (unpaired) electrons. The number of carbonyl (C=O) groups is 2. The zero-order valence-electron chi connectivity index (χ0n) is 18.2. The van der Waals surface area contributed by atoms with Crippen LogP contribution in [0.2, 0.25) is 0 Å². The molecule has 0 unspecified atom stereocenters. The monoisotopic (exact) mass is 408 g/mol. The summed E-state index contributed by atoms with van der Waals surface area (Å²) in [5.41, 5.74) is 4.20. The molecule has 0 saturated carbocycles. The van der Waals surface area contributed by atoms with Crippen molar-refractivity contribution in [3.05, 3.63) is 59.7 Å². The number of nitrogens with zero attached hydrogens (tertiary/aromatic N) is 3. The lowest BCUT2D eigenvalue weighted by atomic mass is 10.1. The first-order valence-electron chi connectivity index (χ1n) is 10.6. The Morgan fingerprint density at radius 3 is 2.33 bits per heavy atom. The van der Waals surface area contributed by atoms with Gasteiger partial charge in [-0.1, -0.05) is 30.3 Å². The van der Waals surface area contributed by atoms with Crippen LogP contribution in [0.15, 0.2) is 48.5 Å². The normalized spacial score (nSPS) is 14.4. The van der Waals surface area contributed by atoms with Crippen molar-refractivity contribution in [1.29, 1.82) is 0 Å². The molecule has 1 N–H and O–H groups in total. The van der Waals surface area contributed by atoms with Gasteiger partial charge < -0.3 is 15.1 Å². The Balaban J connectivity index is 1.46. The molecule has 1 heterocycles. The van der Waals surface area contributed by atoms with Crippen molar-refractivity contribution in [3.63, 3.8) is 0 Å². The van der Waals surface area contributed by atoms with E-state index in [-0.39, 0.29) is 11.8 Å². The third-order valence-electron chi connectivity index (χ3n) is 5.80. The van der Waals surface area contributed by atoms with Crippen LogP contribution in [-0.4, -0.2) is 67.4 Å². The quantitative estimate of drug-likeness (QED) is 0.765. The van der Waals surface area contributed by atoms with Gasteiger partial charge in [-0.3, -0.25) is 14.5 Å². The molecule has 30 heavy (non-hydrogen) atoms. The van der Waals surface area contributed by atoms with Gasteiger partial charge in [-0.15, -0.1) is 0 Å². The van der Waals surface area contributed by atoms with Crippen LogP contribution in [0.4, 0.5) is 11.4 Å². The zero-order valence-corrected chi connectivity index (χ0v) is 18.2. The highest BCUT2D eigenvalue weighted by Gasteiger charge is 2.23. The van der Waals surface area contributed by atoms with Gasteiger partial charge in [0.1, 0.15) is 0 Å². The molecule has 0 aromatic heterocycles. The molecule has 2 aromatic carbocycles. The van der Waals surface area contributed by atoms with Crippen molar-refractivity contribution in [2.45, 2.75) is 20.8 Å². The van der Waals surface area contributed by atoms with Crippen molar-refractivity contribution >= 4 is 23.2 Å². The number of anilines is 2. The minimum Gasteiger partial charge on any atom is -0.362 e. The van der Waals surface area contributed by atoms with Crippen molar-refractivity contribution in [1.82, 2.24) is 9.80 Å². The second kappa shape index (κ2) is 10.3. The second-order valence-electron chi connectivity index (χ2n) is 7.80. The topological polar surface area (TPSA) is 55.9 Å². The van der Waals surface area contributed by atoms with Crippen LogP contribution in [0.1, 0.15) is 18.1 Å². The Kier molecular flexibility index (Phi) is 7.46. The highest BCUT2D eigenvalue weighted by atomic mass is 16.2. The summed E-state index contributed by atoms with van der Waals surface area (Å²) in [6.45, 7) is 10.4. The molecule has 6 nitrogen and oxygen atoms in total. The molecule has 0 aliphatic carbocycles. The Hall–Kier alpha value is -2.86. The third-order valence-corrected chi connectivity index (χ3v) is 5.80. The maximum atomic E-state index is 12.8. The number of hydrogen-bond donors (Lipinski definition) is 1. The van der Waals surface area contributed by atoms with Gasteiger partial charge in [-0.2, -0.15) is 0 Å². The summed E-state index contributed by atoms with van der Waals surface area (Å²) in [5, 5.41) is 3.02. The van der Waals surface area contributed by atoms with Crippen LogP contribution in [0, 0.1) is 13.8 Å². The summed E-state index contributed by atoms with van der Waals surface area (Å²) < 4.78 is 0. The molecule has 1 aliphatic heterocycles. The Morgan fingerprint density at radius 2 is 1.67 bits per heavy atom. The number of benzene rings is 2. The Labute approximate surface area is 179 Å². The van der Waals surface area contributed by atoms with Crippen molar-refractivity contribution in [2.75, 3.05) is 56.0 Å². The summed E-state index contributed by atoms with van der Waals surface area (Å²) in [6.07, 6.45) is 0. The van der Waals surface area contributed by atoms with E-state index >= 15 is 0 Å². The molecule has 1 saturated heterocycles. The van der Waals surface area contributed by atoms with Crippen LogP contribution >= 0.6 is 0 Å². The van der Waals surface area contributed by atoms with E-state index < -0.39 is 0 Å². The fourth-order valence-electron chi connectivity index (χ4n) is 3.72. The van der Waals surface area contributed by atoms with Crippen LogP contribution in [0.5, 0.6) is 0 Å². The lowest BCUT2D eigenvalue weighted by molar-refractivity contribution is -0.131. The summed E-state index contributed by atoms with van der Waals surface area (Å²) >= 11 is 0. The van der Waals surface area contributed by atoms with Crippen LogP contribution in [0.3, 0.4) is 0 Å². The van der Waals surface area contributed by atoms with E-state index in [0.717, 1.165) is 29.0 Å². The van der Waals surface area contributed by atoms with E-state index in [1.165, 1.54) is 0 Å². The lowest BCUT2D eigenvalue weighted by Gasteiger charge is -2.35. The summed E-state index contributed by atoms with van der Waals surface area (Å²) in [5.74, 6) is 0.130. The van der Waals surface area contributed by atoms with E-state index in [4.69, 9.17) is 0 Å². The van der Waals surface area contributed by atoms with E-state index in [1.807, 2.05) is 67.3 Å². The number of hydrogen-bond acceptors (Lipinski definition) is 4. The van der Waals surface area contributed by atoms with Gasteiger partial charge in [0, 0.05) is 44.1 Å². The van der Waals surface area contributed by atoms with Crippen molar-refractivity contribution in [3.8, 4) is 0 Å². The van der Waals surface area contributed by atoms with Gasteiger partial charge in [0.15, 0.2) is 0 Å². The number of para-hydroxylation sites is 1. The summed E-state index contributed by atoms with van der Waals surface area (Å²) in [7, 11) is 0. The van der Waals surface area contributed by atoms with Crippen molar-refractivity contribution in [2.24, 2.45) is 0 Å². The third kappa shape index (κ3) is 5.60. The summed E-state index contributed by atoms with van der Waals surface area (Å²) in [4.78, 5) is 31.3. The molecular weight excluding hydrogens is 376 g/mol. The molecule has 3 rings (SSSR count). The van der Waals surface area contributed by atoms with Gasteiger partial charge in [-0.25, -0.2) is 0 Å². The number of amides is 2. The smallest absolute Gasteiger partial charge is 0.242 e. The number of rotatable bonds is 7. The molecule has 0 atom stereocenters. The van der Waals surface area contributed by atoms with E-state index in [0.29, 0.717) is 39.3 Å². The van der Waals surface area contributed by atoms with Crippen LogP contribution < -0.4 is 10.2 Å². The van der Waals surface area contributed by atoms with Gasteiger partial charge in [0.25, 0.3) is 0 Å². The minimum absolute atomic E-state index is 0.00953. The molecule has 2 amide bonds. The summed E-state index contributed by atoms with van der Waals surface area (Å²) in [6, 6.07) is 16.0. The second-order valence-corrected chi connectivity index (χ2v) is 7.80. The number of aryl methyl sites for hydroxylation is 1. The molecule has 6 heteroatoms. The molecule has 2 aromatic rings. The standard InChI is InChI=1S/C24H32N4O2/c1-4-27(21-10-6-5-7-11-21)18-24(30)28-15-13-26(14-16-28)17-23(29)25-22-12-8-9-19(2)20(22)3/h5-12H,4,13-18H2,1-3H3,(H,25,29). The van der Waals surface area contributed by atoms with Gasteiger partial charge in [0.05, 0.1) is 13.1 Å². The Morgan fingerprint density at radius 1 is 0.967 bits per heavy atom. The van der Waals surface area contributed by atoms with E-state index in [2.05, 4.69) is 22.0 Å². The van der Waals surface area contributed by atoms with E-state index in [9.17, 15) is 9.59 Å². The SMILES string of the molecule is CCN(CC(=O)N1CCN(CC(=O)Nc2cccc(C)c2C)CC1)c1ccccc1. The maximum absolute atomic E-state index is 12.8. The zero-order chi connectivity index (χ0) is 21.5. The van der Waals surface area contributed by atoms with Gasteiger partial charge in [0.2, 0.25) is 11.8 Å². The lowest BCUT2D eigenvalue weighted by Crippen LogP contribution is -2.52. The number of nitrogens with one attached hydrogen (secondary N) is 1. The molecule has 0 spiro atoms. The van der Waals surface area contributed by atoms with E-state index in [1.54, 1.807) is 0 Å². The first kappa shape index (κ1) is 21.8. The first-order valence-corrected chi connectivity index (χ1v) is 10.6. The number of likely N-dealkylation sites (N-methyl/N-ethyl adjacent to an activating group) is 1. The predicted octanol–water partition coefficient (Wildman–Crippen LogP) is 2.91. The van der Waals surface area contributed by atoms with Crippen LogP contribution in [-0.2, 0) is 9.59 Å². The fourth-order valence-corrected chi connectivity index (χ4v) is 3.72. The Bertz CT molecular complexity index is 861. The highest BCUT2D eigenvalue weighted by Crippen LogP contribution is 2.18. The van der Waals surface area contributed by atoms with Crippen molar-refractivity contribution < 1.29 is 9.59 Å². The molecule has 1 aliphatic rings. The molecule has 0 bridgehead atoms.